The number of aliphatic imine (C=N–C) groups is 1. The highest BCUT2D eigenvalue weighted by Crippen LogP contribution is 2.28. The second-order valence-electron chi connectivity index (χ2n) is 8.07. The molecular weight excluding hydrogens is 390 g/mol. The molecule has 0 bridgehead atoms. The predicted octanol–water partition coefficient (Wildman–Crippen LogP) is 2.48. The molecule has 3 aromatic rings. The zero-order valence-electron chi connectivity index (χ0n) is 17.3. The van der Waals surface area contributed by atoms with Crippen molar-refractivity contribution in [2.75, 3.05) is 5.73 Å². The van der Waals surface area contributed by atoms with Gasteiger partial charge in [-0.2, -0.15) is 5.26 Å². The summed E-state index contributed by atoms with van der Waals surface area (Å²) in [6.07, 6.45) is 6.69. The molecule has 2 unspecified atom stereocenters. The average molecular weight is 413 g/mol. The van der Waals surface area contributed by atoms with Crippen molar-refractivity contribution in [3.63, 3.8) is 0 Å². The first-order valence-corrected chi connectivity index (χ1v) is 10.5. The topological polar surface area (TPSA) is 131 Å². The second kappa shape index (κ2) is 7.80. The summed E-state index contributed by atoms with van der Waals surface area (Å²) in [5.41, 5.74) is 10.1. The lowest BCUT2D eigenvalue weighted by molar-refractivity contribution is 0.384. The number of nitriles is 1. The number of hydrogen-bond acceptors (Lipinski definition) is 8. The third-order valence-electron chi connectivity index (χ3n) is 5.99. The molecular formula is C22H23N9. The number of nitrogens with zero attached hydrogens (tertiary/aromatic N) is 7. The molecule has 2 aromatic heterocycles. The van der Waals surface area contributed by atoms with Gasteiger partial charge in [0, 0.05) is 11.6 Å². The Morgan fingerprint density at radius 3 is 2.87 bits per heavy atom. The maximum atomic E-state index is 9.32. The zero-order chi connectivity index (χ0) is 21.4. The van der Waals surface area contributed by atoms with Gasteiger partial charge in [-0.25, -0.2) is 14.6 Å². The van der Waals surface area contributed by atoms with Gasteiger partial charge in [0.2, 0.25) is 5.95 Å². The Bertz CT molecular complexity index is 1200. The van der Waals surface area contributed by atoms with E-state index in [0.29, 0.717) is 41.3 Å². The Balaban J connectivity index is 1.41. The van der Waals surface area contributed by atoms with Crippen molar-refractivity contribution in [2.45, 2.75) is 51.2 Å². The van der Waals surface area contributed by atoms with Crippen LogP contribution in [0.4, 0.5) is 5.95 Å². The molecule has 31 heavy (non-hydrogen) atoms. The van der Waals surface area contributed by atoms with Crippen molar-refractivity contribution in [3.8, 4) is 28.7 Å². The van der Waals surface area contributed by atoms with E-state index in [9.17, 15) is 5.26 Å². The number of amidine groups is 1. The molecule has 1 fully saturated rings. The highest BCUT2D eigenvalue weighted by Gasteiger charge is 2.30. The molecule has 5 rings (SSSR count). The first-order chi connectivity index (χ1) is 15.1. The van der Waals surface area contributed by atoms with Crippen LogP contribution in [0.5, 0.6) is 0 Å². The first kappa shape index (κ1) is 19.2. The molecule has 3 N–H and O–H groups in total. The third kappa shape index (κ3) is 3.72. The fourth-order valence-electron chi connectivity index (χ4n) is 4.39. The number of nitrogens with one attached hydrogen (secondary N) is 1. The fraction of sp³-hybridized carbons (Fsp3) is 0.364. The van der Waals surface area contributed by atoms with Gasteiger partial charge < -0.3 is 11.1 Å². The summed E-state index contributed by atoms with van der Waals surface area (Å²) in [5, 5.41) is 21.4. The van der Waals surface area contributed by atoms with Gasteiger partial charge in [0.15, 0.2) is 0 Å². The van der Waals surface area contributed by atoms with Crippen LogP contribution >= 0.6 is 0 Å². The number of anilines is 1. The minimum atomic E-state index is 0.148. The van der Waals surface area contributed by atoms with Crippen LogP contribution in [0.1, 0.15) is 36.8 Å². The third-order valence-corrected chi connectivity index (χ3v) is 5.99. The molecule has 0 radical (unpaired) electrons. The molecule has 2 atom stereocenters. The van der Waals surface area contributed by atoms with Gasteiger partial charge in [0.05, 0.1) is 41.8 Å². The SMILES string of the molecule is Cc1c(C#N)cccc1-c1cc(-c2cn(CC3=NC4CCCCC4N3)nn2)nc(N)n1. The molecule has 0 amide bonds. The standard InChI is InChI=1S/C22H23N9/c1-13-14(10-23)5-4-6-15(13)18-9-19(28-22(24)27-18)20-11-31(30-29-20)12-21-25-16-7-2-3-8-17(16)26-21/h4-6,9,11,16-17H,2-3,7-8,12H2,1H3,(H,25,26)(H2,24,27,28). The van der Waals surface area contributed by atoms with Crippen molar-refractivity contribution in [3.05, 3.63) is 41.6 Å². The van der Waals surface area contributed by atoms with E-state index in [1.807, 2.05) is 31.3 Å². The summed E-state index contributed by atoms with van der Waals surface area (Å²) < 4.78 is 1.76. The fourth-order valence-corrected chi connectivity index (χ4v) is 4.39. The predicted molar refractivity (Wildman–Crippen MR) is 117 cm³/mol. The summed E-state index contributed by atoms with van der Waals surface area (Å²) in [5.74, 6) is 1.11. The zero-order valence-corrected chi connectivity index (χ0v) is 17.3. The Labute approximate surface area is 180 Å². The Morgan fingerprint density at radius 1 is 1.19 bits per heavy atom. The maximum absolute atomic E-state index is 9.32. The van der Waals surface area contributed by atoms with Gasteiger partial charge in [-0.05, 0) is 37.5 Å². The second-order valence-corrected chi connectivity index (χ2v) is 8.07. The highest BCUT2D eigenvalue weighted by atomic mass is 15.4. The van der Waals surface area contributed by atoms with E-state index in [-0.39, 0.29) is 5.95 Å². The summed E-state index contributed by atoms with van der Waals surface area (Å²) in [6.45, 7) is 2.45. The summed E-state index contributed by atoms with van der Waals surface area (Å²) in [6, 6.07) is 10.4. The van der Waals surface area contributed by atoms with Crippen LogP contribution < -0.4 is 11.1 Å². The molecule has 0 saturated heterocycles. The number of aromatic nitrogens is 5. The van der Waals surface area contributed by atoms with Crippen LogP contribution in [0.25, 0.3) is 22.6 Å². The highest BCUT2D eigenvalue weighted by molar-refractivity contribution is 5.84. The normalized spacial score (nSPS) is 19.9. The maximum Gasteiger partial charge on any atom is 0.221 e. The summed E-state index contributed by atoms with van der Waals surface area (Å²) in [4.78, 5) is 13.5. The number of fused-ring (bicyclic) bond motifs is 1. The Morgan fingerprint density at radius 2 is 2.03 bits per heavy atom. The lowest BCUT2D eigenvalue weighted by Crippen LogP contribution is -2.37. The molecule has 1 aromatic carbocycles. The Kier molecular flexibility index (Phi) is 4.82. The van der Waals surface area contributed by atoms with E-state index in [0.717, 1.165) is 23.4 Å². The van der Waals surface area contributed by atoms with Gasteiger partial charge >= 0.3 is 0 Å². The summed E-state index contributed by atoms with van der Waals surface area (Å²) in [7, 11) is 0. The molecule has 2 aliphatic rings. The van der Waals surface area contributed by atoms with E-state index in [1.54, 1.807) is 10.7 Å². The molecule has 9 nitrogen and oxygen atoms in total. The average Bonchev–Trinajstić information content (AvgIpc) is 3.40. The van der Waals surface area contributed by atoms with E-state index in [1.165, 1.54) is 19.3 Å². The van der Waals surface area contributed by atoms with Crippen molar-refractivity contribution in [1.29, 1.82) is 5.26 Å². The molecule has 156 valence electrons. The van der Waals surface area contributed by atoms with Crippen molar-refractivity contribution in [2.24, 2.45) is 4.99 Å². The largest absolute Gasteiger partial charge is 0.368 e. The molecule has 1 saturated carbocycles. The summed E-state index contributed by atoms with van der Waals surface area (Å²) >= 11 is 0. The first-order valence-electron chi connectivity index (χ1n) is 10.5. The Hall–Kier alpha value is -3.80. The van der Waals surface area contributed by atoms with Crippen LogP contribution in [-0.4, -0.2) is 42.9 Å². The lowest BCUT2D eigenvalue weighted by Gasteiger charge is -2.23. The minimum Gasteiger partial charge on any atom is -0.368 e. The van der Waals surface area contributed by atoms with Gasteiger partial charge in [0.1, 0.15) is 11.5 Å². The molecule has 0 spiro atoms. The van der Waals surface area contributed by atoms with Crippen LogP contribution in [0, 0.1) is 18.3 Å². The van der Waals surface area contributed by atoms with Crippen LogP contribution in [0.15, 0.2) is 35.5 Å². The van der Waals surface area contributed by atoms with Gasteiger partial charge in [-0.1, -0.05) is 30.2 Å². The molecule has 9 heteroatoms. The number of rotatable bonds is 4. The smallest absolute Gasteiger partial charge is 0.221 e. The van der Waals surface area contributed by atoms with Crippen LogP contribution in [0.2, 0.25) is 0 Å². The lowest BCUT2D eigenvalue weighted by atomic mass is 9.92. The number of nitrogen functional groups attached to an aromatic ring is 1. The number of nitrogens with two attached hydrogens (primary N) is 1. The molecule has 1 aliphatic heterocycles. The van der Waals surface area contributed by atoms with Gasteiger partial charge in [0.25, 0.3) is 0 Å². The van der Waals surface area contributed by atoms with Gasteiger partial charge in [-0.15, -0.1) is 5.10 Å². The van der Waals surface area contributed by atoms with Crippen molar-refractivity contribution >= 4 is 11.8 Å². The van der Waals surface area contributed by atoms with Crippen LogP contribution in [-0.2, 0) is 6.54 Å². The molecule has 3 heterocycles. The van der Waals surface area contributed by atoms with Crippen molar-refractivity contribution in [1.82, 2.24) is 30.3 Å². The minimum absolute atomic E-state index is 0.148. The van der Waals surface area contributed by atoms with E-state index in [2.05, 4.69) is 31.7 Å². The number of hydrogen-bond donors (Lipinski definition) is 2. The van der Waals surface area contributed by atoms with Crippen molar-refractivity contribution < 1.29 is 0 Å². The van der Waals surface area contributed by atoms with E-state index in [4.69, 9.17) is 10.7 Å². The monoisotopic (exact) mass is 413 g/mol. The van der Waals surface area contributed by atoms with E-state index < -0.39 is 0 Å². The molecule has 1 aliphatic carbocycles. The number of benzene rings is 1. The quantitative estimate of drug-likeness (QED) is 0.672. The van der Waals surface area contributed by atoms with E-state index >= 15 is 0 Å². The van der Waals surface area contributed by atoms with Crippen LogP contribution in [0.3, 0.4) is 0 Å². The van der Waals surface area contributed by atoms with Gasteiger partial charge in [-0.3, -0.25) is 4.99 Å².